The van der Waals surface area contributed by atoms with Gasteiger partial charge in [-0.15, -0.1) is 0 Å². The van der Waals surface area contributed by atoms with Crippen LogP contribution in [0.1, 0.15) is 55.2 Å². The lowest BCUT2D eigenvalue weighted by Gasteiger charge is -2.43. The van der Waals surface area contributed by atoms with Crippen LogP contribution in [0, 0.1) is 0 Å². The minimum Gasteiger partial charge on any atom is -0.340 e. The van der Waals surface area contributed by atoms with Gasteiger partial charge in [0.15, 0.2) is 11.6 Å². The van der Waals surface area contributed by atoms with Gasteiger partial charge in [0, 0.05) is 19.5 Å². The third-order valence-corrected chi connectivity index (χ3v) is 5.87. The Kier molecular flexibility index (Phi) is 5.11. The van der Waals surface area contributed by atoms with Crippen LogP contribution >= 0.6 is 0 Å². The summed E-state index contributed by atoms with van der Waals surface area (Å²) in [5.41, 5.74) is 1.64. The van der Waals surface area contributed by atoms with Gasteiger partial charge in [-0.25, -0.2) is 9.97 Å². The van der Waals surface area contributed by atoms with Crippen LogP contribution in [0.2, 0.25) is 0 Å². The van der Waals surface area contributed by atoms with Crippen molar-refractivity contribution in [3.63, 3.8) is 0 Å². The third-order valence-electron chi connectivity index (χ3n) is 5.87. The van der Waals surface area contributed by atoms with Crippen molar-refractivity contribution in [2.75, 3.05) is 16.8 Å². The summed E-state index contributed by atoms with van der Waals surface area (Å²) in [6.45, 7) is 2.03. The van der Waals surface area contributed by atoms with Gasteiger partial charge >= 0.3 is 0 Å². The Hall–Kier alpha value is -2.76. The Labute approximate surface area is 165 Å². The van der Waals surface area contributed by atoms with E-state index in [9.17, 15) is 9.59 Å². The van der Waals surface area contributed by atoms with Gasteiger partial charge in [-0.1, -0.05) is 50.1 Å². The van der Waals surface area contributed by atoms with E-state index in [1.165, 1.54) is 12.8 Å². The molecule has 2 heterocycles. The molecule has 0 bridgehead atoms. The van der Waals surface area contributed by atoms with E-state index in [0.717, 1.165) is 30.6 Å². The number of amides is 1. The first-order valence-electron chi connectivity index (χ1n) is 10.1. The fourth-order valence-electron chi connectivity index (χ4n) is 4.38. The molecule has 1 saturated carbocycles. The SMILES string of the molecule is CCC1C(=O)N(C)c2cnc(C(=O)Cc3ccccc3)nc2N1C1CCCC1. The number of anilines is 2. The van der Waals surface area contributed by atoms with Gasteiger partial charge in [-0.05, 0) is 24.8 Å². The summed E-state index contributed by atoms with van der Waals surface area (Å²) < 4.78 is 0. The molecular weight excluding hydrogens is 352 g/mol. The van der Waals surface area contributed by atoms with E-state index < -0.39 is 0 Å². The monoisotopic (exact) mass is 378 g/mol. The molecule has 2 aromatic rings. The number of aromatic nitrogens is 2. The summed E-state index contributed by atoms with van der Waals surface area (Å²) in [5, 5.41) is 0. The molecule has 6 heteroatoms. The molecule has 1 fully saturated rings. The van der Waals surface area contributed by atoms with Crippen LogP contribution in [-0.4, -0.2) is 40.8 Å². The summed E-state index contributed by atoms with van der Waals surface area (Å²) in [6.07, 6.45) is 7.08. The molecule has 0 radical (unpaired) electrons. The van der Waals surface area contributed by atoms with E-state index in [4.69, 9.17) is 0 Å². The van der Waals surface area contributed by atoms with Crippen molar-refractivity contribution < 1.29 is 9.59 Å². The summed E-state index contributed by atoms with van der Waals surface area (Å²) >= 11 is 0. The Balaban J connectivity index is 1.71. The molecule has 0 saturated heterocycles. The van der Waals surface area contributed by atoms with Crippen molar-refractivity contribution >= 4 is 23.2 Å². The number of carbonyl (C=O) groups is 2. The van der Waals surface area contributed by atoms with Crippen LogP contribution in [-0.2, 0) is 11.2 Å². The smallest absolute Gasteiger partial charge is 0.249 e. The van der Waals surface area contributed by atoms with Crippen LogP contribution in [0.3, 0.4) is 0 Å². The van der Waals surface area contributed by atoms with Gasteiger partial charge in [-0.2, -0.15) is 0 Å². The van der Waals surface area contributed by atoms with E-state index in [1.54, 1.807) is 18.1 Å². The molecule has 146 valence electrons. The number of hydrogen-bond acceptors (Lipinski definition) is 5. The van der Waals surface area contributed by atoms with Gasteiger partial charge < -0.3 is 9.80 Å². The summed E-state index contributed by atoms with van der Waals surface area (Å²) in [7, 11) is 1.77. The highest BCUT2D eigenvalue weighted by molar-refractivity contribution is 6.05. The van der Waals surface area contributed by atoms with Gasteiger partial charge in [-0.3, -0.25) is 9.59 Å². The largest absolute Gasteiger partial charge is 0.340 e. The van der Waals surface area contributed by atoms with Crippen LogP contribution in [0.5, 0.6) is 0 Å². The quantitative estimate of drug-likeness (QED) is 0.746. The third kappa shape index (κ3) is 3.28. The molecule has 0 spiro atoms. The number of Topliss-reactive ketones (excluding diaryl/α,β-unsaturated/α-hetero) is 1. The van der Waals surface area contributed by atoms with Crippen molar-refractivity contribution in [2.24, 2.45) is 0 Å². The van der Waals surface area contributed by atoms with Gasteiger partial charge in [0.2, 0.25) is 11.7 Å². The molecular formula is C22H26N4O2. The topological polar surface area (TPSA) is 66.4 Å². The predicted octanol–water partition coefficient (Wildman–Crippen LogP) is 3.41. The normalized spacial score (nSPS) is 19.8. The number of likely N-dealkylation sites (N-methyl/N-ethyl adjacent to an activating group) is 1. The molecule has 1 aromatic carbocycles. The van der Waals surface area contributed by atoms with E-state index in [0.29, 0.717) is 11.7 Å². The lowest BCUT2D eigenvalue weighted by Crippen LogP contribution is -2.55. The van der Waals surface area contributed by atoms with Crippen molar-refractivity contribution in [3.05, 3.63) is 47.9 Å². The standard InChI is InChI=1S/C22H26N4O2/c1-3-17-22(28)25(2)18-14-23-20(19(27)13-15-9-5-4-6-10-15)24-21(18)26(17)16-11-7-8-12-16/h4-6,9-10,14,16-17H,3,7-8,11-13H2,1-2H3. The molecule has 1 aliphatic carbocycles. The van der Waals surface area contributed by atoms with Crippen molar-refractivity contribution in [1.82, 2.24) is 9.97 Å². The van der Waals surface area contributed by atoms with Crippen LogP contribution < -0.4 is 9.80 Å². The number of hydrogen-bond donors (Lipinski definition) is 0. The van der Waals surface area contributed by atoms with Crippen LogP contribution in [0.15, 0.2) is 36.5 Å². The molecule has 1 atom stereocenters. The maximum absolute atomic E-state index is 12.9. The molecule has 1 aliphatic heterocycles. The minimum atomic E-state index is -0.229. The number of ketones is 1. The summed E-state index contributed by atoms with van der Waals surface area (Å²) in [5.74, 6) is 0.928. The number of nitrogens with zero attached hydrogens (tertiary/aromatic N) is 4. The van der Waals surface area contributed by atoms with Crippen molar-refractivity contribution in [2.45, 2.75) is 57.5 Å². The Morgan fingerprint density at radius 2 is 1.89 bits per heavy atom. The van der Waals surface area contributed by atoms with E-state index in [2.05, 4.69) is 14.9 Å². The first-order valence-corrected chi connectivity index (χ1v) is 10.1. The molecule has 0 N–H and O–H groups in total. The average molecular weight is 378 g/mol. The molecule has 1 unspecified atom stereocenters. The number of fused-ring (bicyclic) bond motifs is 1. The molecule has 4 rings (SSSR count). The molecule has 6 nitrogen and oxygen atoms in total. The summed E-state index contributed by atoms with van der Waals surface area (Å²) in [4.78, 5) is 38.5. The average Bonchev–Trinajstić information content (AvgIpc) is 3.25. The Morgan fingerprint density at radius 1 is 1.18 bits per heavy atom. The number of benzene rings is 1. The van der Waals surface area contributed by atoms with Crippen molar-refractivity contribution in [1.29, 1.82) is 0 Å². The Morgan fingerprint density at radius 3 is 2.57 bits per heavy atom. The first kappa shape index (κ1) is 18.6. The van der Waals surface area contributed by atoms with Crippen LogP contribution in [0.25, 0.3) is 0 Å². The fraction of sp³-hybridized carbons (Fsp3) is 0.455. The molecule has 1 amide bonds. The first-order chi connectivity index (χ1) is 13.6. The molecule has 1 aromatic heterocycles. The second-order valence-electron chi connectivity index (χ2n) is 7.65. The summed E-state index contributed by atoms with van der Waals surface area (Å²) in [6, 6.07) is 9.71. The number of carbonyl (C=O) groups excluding carboxylic acids is 2. The van der Waals surface area contributed by atoms with E-state index in [-0.39, 0.29) is 30.0 Å². The zero-order valence-electron chi connectivity index (χ0n) is 16.5. The number of rotatable bonds is 5. The molecule has 2 aliphatic rings. The van der Waals surface area contributed by atoms with Gasteiger partial charge in [0.05, 0.1) is 6.20 Å². The maximum atomic E-state index is 12.9. The predicted molar refractivity (Wildman–Crippen MR) is 109 cm³/mol. The second-order valence-corrected chi connectivity index (χ2v) is 7.65. The highest BCUT2D eigenvalue weighted by atomic mass is 16.2. The second kappa shape index (κ2) is 7.70. The zero-order valence-corrected chi connectivity index (χ0v) is 16.5. The lowest BCUT2D eigenvalue weighted by atomic mass is 10.0. The van der Waals surface area contributed by atoms with E-state index >= 15 is 0 Å². The molecule has 28 heavy (non-hydrogen) atoms. The zero-order chi connectivity index (χ0) is 19.7. The lowest BCUT2D eigenvalue weighted by molar-refractivity contribution is -0.120. The van der Waals surface area contributed by atoms with E-state index in [1.807, 2.05) is 37.3 Å². The van der Waals surface area contributed by atoms with Gasteiger partial charge in [0.1, 0.15) is 11.7 Å². The van der Waals surface area contributed by atoms with Crippen molar-refractivity contribution in [3.8, 4) is 0 Å². The van der Waals surface area contributed by atoms with Crippen LogP contribution in [0.4, 0.5) is 11.5 Å². The highest BCUT2D eigenvalue weighted by Crippen LogP contribution is 2.39. The minimum absolute atomic E-state index is 0.0777. The maximum Gasteiger partial charge on any atom is 0.249 e. The highest BCUT2D eigenvalue weighted by Gasteiger charge is 2.41. The van der Waals surface area contributed by atoms with Gasteiger partial charge in [0.25, 0.3) is 0 Å². The fourth-order valence-corrected chi connectivity index (χ4v) is 4.38. The Bertz CT molecular complexity index is 877.